The first kappa shape index (κ1) is 19.9. The molecule has 168 valence electrons. The molecule has 1 aliphatic heterocycles. The summed E-state index contributed by atoms with van der Waals surface area (Å²) in [6.45, 7) is 4.84. The van der Waals surface area contributed by atoms with Crippen LogP contribution < -0.4 is 15.8 Å². The van der Waals surface area contributed by atoms with Crippen LogP contribution in [0.2, 0.25) is 0 Å². The van der Waals surface area contributed by atoms with E-state index in [9.17, 15) is 9.59 Å². The van der Waals surface area contributed by atoms with Gasteiger partial charge in [-0.2, -0.15) is 0 Å². The fourth-order valence-corrected chi connectivity index (χ4v) is 5.24. The van der Waals surface area contributed by atoms with Crippen molar-refractivity contribution in [2.45, 2.75) is 25.6 Å². The van der Waals surface area contributed by atoms with Gasteiger partial charge in [-0.3, -0.25) is 19.5 Å². The van der Waals surface area contributed by atoms with Crippen molar-refractivity contribution in [1.29, 1.82) is 0 Å². The summed E-state index contributed by atoms with van der Waals surface area (Å²) in [7, 11) is 1.61. The third-order valence-electron chi connectivity index (χ3n) is 6.94. The van der Waals surface area contributed by atoms with Gasteiger partial charge in [0.15, 0.2) is 5.58 Å². The predicted octanol–water partition coefficient (Wildman–Crippen LogP) is 2.13. The van der Waals surface area contributed by atoms with Gasteiger partial charge >= 0.3 is 0 Å². The number of amides is 1. The first-order chi connectivity index (χ1) is 16.0. The van der Waals surface area contributed by atoms with Gasteiger partial charge in [-0.15, -0.1) is 0 Å². The van der Waals surface area contributed by atoms with Crippen molar-refractivity contribution in [3.8, 4) is 0 Å². The summed E-state index contributed by atoms with van der Waals surface area (Å²) in [6, 6.07) is 8.29. The van der Waals surface area contributed by atoms with Gasteiger partial charge in [0, 0.05) is 45.0 Å². The molecule has 2 N–H and O–H groups in total. The number of nitrogens with zero attached hydrogens (tertiary/aromatic N) is 4. The number of hydrogen-bond acceptors (Lipinski definition) is 7. The van der Waals surface area contributed by atoms with Gasteiger partial charge in [-0.05, 0) is 35.7 Å². The Hall–Kier alpha value is -3.72. The maximum absolute atomic E-state index is 12.3. The van der Waals surface area contributed by atoms with Crippen LogP contribution in [-0.4, -0.2) is 58.0 Å². The Morgan fingerprint density at radius 2 is 2.09 bits per heavy atom. The predicted molar refractivity (Wildman–Crippen MR) is 124 cm³/mol. The number of piperazine rings is 1. The van der Waals surface area contributed by atoms with E-state index in [2.05, 4.69) is 37.0 Å². The zero-order valence-electron chi connectivity index (χ0n) is 18.4. The van der Waals surface area contributed by atoms with E-state index in [4.69, 9.17) is 4.42 Å². The molecule has 3 atom stereocenters. The number of fused-ring (bicyclic) bond motifs is 4. The minimum absolute atomic E-state index is 0.161. The molecule has 0 bridgehead atoms. The number of H-pyrrole nitrogens is 1. The lowest BCUT2D eigenvalue weighted by Gasteiger charge is -2.35. The first-order valence-corrected chi connectivity index (χ1v) is 11.1. The van der Waals surface area contributed by atoms with Gasteiger partial charge in [-0.25, -0.2) is 4.98 Å². The van der Waals surface area contributed by atoms with Gasteiger partial charge < -0.3 is 19.6 Å². The molecule has 0 aromatic carbocycles. The highest BCUT2D eigenvalue weighted by molar-refractivity contribution is 5.99. The number of aromatic amines is 1. The van der Waals surface area contributed by atoms with Gasteiger partial charge in [0.05, 0.1) is 29.1 Å². The highest BCUT2D eigenvalue weighted by atomic mass is 16.3. The fourth-order valence-electron chi connectivity index (χ4n) is 5.24. The third kappa shape index (κ3) is 3.19. The van der Waals surface area contributed by atoms with Crippen LogP contribution in [-0.2, 0) is 6.54 Å². The van der Waals surface area contributed by atoms with Gasteiger partial charge in [0.25, 0.3) is 11.5 Å². The molecule has 2 unspecified atom stereocenters. The number of hydrogen-bond donors (Lipinski definition) is 2. The number of nitrogens with one attached hydrogen (secondary N) is 2. The fraction of sp³-hybridized carbons (Fsp3) is 0.333. The second-order valence-electron chi connectivity index (χ2n) is 8.84. The van der Waals surface area contributed by atoms with Crippen molar-refractivity contribution in [1.82, 2.24) is 25.2 Å². The molecule has 4 aromatic heterocycles. The molecule has 2 aliphatic rings. The molecule has 1 aliphatic carbocycles. The van der Waals surface area contributed by atoms with E-state index < -0.39 is 0 Å². The lowest BCUT2D eigenvalue weighted by molar-refractivity contribution is 0.0958. The minimum Gasteiger partial charge on any atom is -0.462 e. The topological polar surface area (TPSA) is 107 Å². The Bertz CT molecular complexity index is 1430. The van der Waals surface area contributed by atoms with Crippen LogP contribution in [0.4, 0.5) is 5.69 Å². The van der Waals surface area contributed by atoms with Crippen LogP contribution in [0.3, 0.4) is 0 Å². The summed E-state index contributed by atoms with van der Waals surface area (Å²) in [4.78, 5) is 40.8. The molecule has 4 aromatic rings. The molecule has 1 saturated heterocycles. The van der Waals surface area contributed by atoms with Gasteiger partial charge in [0.2, 0.25) is 0 Å². The average molecular weight is 444 g/mol. The van der Waals surface area contributed by atoms with E-state index >= 15 is 0 Å². The van der Waals surface area contributed by atoms with E-state index in [0.717, 1.165) is 30.9 Å². The Kier molecular flexibility index (Phi) is 4.48. The zero-order chi connectivity index (χ0) is 22.7. The molecule has 0 radical (unpaired) electrons. The van der Waals surface area contributed by atoms with E-state index in [1.54, 1.807) is 25.4 Å². The van der Waals surface area contributed by atoms with Crippen LogP contribution in [0, 0.1) is 5.92 Å². The number of carbonyl (C=O) groups excluding carboxylic acids is 1. The molecular formula is C24H24N6O3. The summed E-state index contributed by atoms with van der Waals surface area (Å²) in [5, 5.41) is 3.12. The lowest BCUT2D eigenvalue weighted by atomic mass is 10.2. The molecule has 5 heterocycles. The van der Waals surface area contributed by atoms with Crippen LogP contribution >= 0.6 is 0 Å². The first-order valence-electron chi connectivity index (χ1n) is 11.1. The normalized spacial score (nSPS) is 22.5. The summed E-state index contributed by atoms with van der Waals surface area (Å²) >= 11 is 0. The van der Waals surface area contributed by atoms with Crippen LogP contribution in [0.15, 0.2) is 52.1 Å². The molecule has 33 heavy (non-hydrogen) atoms. The van der Waals surface area contributed by atoms with E-state index in [1.807, 2.05) is 18.3 Å². The highest BCUT2D eigenvalue weighted by Gasteiger charge is 2.56. The largest absolute Gasteiger partial charge is 0.462 e. The maximum atomic E-state index is 12.3. The Morgan fingerprint density at radius 1 is 1.21 bits per heavy atom. The Balaban J connectivity index is 1.21. The van der Waals surface area contributed by atoms with Crippen LogP contribution in [0.5, 0.6) is 0 Å². The van der Waals surface area contributed by atoms with Crippen molar-refractivity contribution in [2.24, 2.45) is 5.92 Å². The zero-order valence-corrected chi connectivity index (χ0v) is 18.4. The maximum Gasteiger partial charge on any atom is 0.269 e. The van der Waals surface area contributed by atoms with Gasteiger partial charge in [0.1, 0.15) is 11.2 Å². The minimum atomic E-state index is -0.179. The number of pyridine rings is 3. The Morgan fingerprint density at radius 3 is 2.88 bits per heavy atom. The molecule has 6 rings (SSSR count). The molecule has 2 fully saturated rings. The van der Waals surface area contributed by atoms with Crippen molar-refractivity contribution in [2.75, 3.05) is 25.0 Å². The molecule has 1 amide bonds. The van der Waals surface area contributed by atoms with E-state index in [0.29, 0.717) is 45.7 Å². The van der Waals surface area contributed by atoms with Crippen molar-refractivity contribution < 1.29 is 9.21 Å². The van der Waals surface area contributed by atoms with Crippen LogP contribution in [0.25, 0.3) is 22.0 Å². The number of furan rings is 1. The van der Waals surface area contributed by atoms with Gasteiger partial charge in [-0.1, -0.05) is 6.92 Å². The smallest absolute Gasteiger partial charge is 0.269 e. The van der Waals surface area contributed by atoms with Crippen molar-refractivity contribution in [3.63, 3.8) is 0 Å². The summed E-state index contributed by atoms with van der Waals surface area (Å²) < 4.78 is 5.49. The standard InChI is InChI=1S/C24H24N6O3/c1-13-20-21(13)30(15-3-4-17(26-11-15)24(32)25-2)7-6-29(20)12-14-9-18-19(27-10-14)22-16(5-8-33-22)23(31)28-18/h3-5,8-11,13,20-21H,6-7,12H2,1-2H3,(H,25,32)(H,28,31)/t13-,20?,21?/m0/s1. The SMILES string of the molecule is CNC(=O)c1ccc(N2CCN(Cc3cnc4c(c3)[nH]c(=O)c3ccoc34)C3C2[C@H]3C)cn1. The molecule has 1 saturated carbocycles. The van der Waals surface area contributed by atoms with E-state index in [-0.39, 0.29) is 11.5 Å². The Labute approximate surface area is 189 Å². The molecule has 9 heteroatoms. The van der Waals surface area contributed by atoms with Crippen LogP contribution in [0.1, 0.15) is 23.0 Å². The monoisotopic (exact) mass is 444 g/mol. The molecule has 9 nitrogen and oxygen atoms in total. The van der Waals surface area contributed by atoms with E-state index in [1.165, 1.54) is 6.26 Å². The number of carbonyl (C=O) groups is 1. The summed E-state index contributed by atoms with van der Waals surface area (Å²) in [6.07, 6.45) is 5.18. The van der Waals surface area contributed by atoms with Crippen molar-refractivity contribution in [3.05, 3.63) is 64.5 Å². The highest BCUT2D eigenvalue weighted by Crippen LogP contribution is 2.45. The third-order valence-corrected chi connectivity index (χ3v) is 6.94. The molecule has 0 spiro atoms. The summed E-state index contributed by atoms with van der Waals surface area (Å²) in [5.74, 6) is 0.351. The number of rotatable bonds is 4. The van der Waals surface area contributed by atoms with Crippen molar-refractivity contribution >= 4 is 33.6 Å². The number of anilines is 1. The molecular weight excluding hydrogens is 420 g/mol. The lowest BCUT2D eigenvalue weighted by Crippen LogP contribution is -2.46. The quantitative estimate of drug-likeness (QED) is 0.497. The summed E-state index contributed by atoms with van der Waals surface area (Å²) in [5.41, 5.74) is 4.27. The second kappa shape index (κ2) is 7.41. The average Bonchev–Trinajstić information content (AvgIpc) is 3.27. The second-order valence-corrected chi connectivity index (χ2v) is 8.84. The number of aromatic nitrogens is 3.